The predicted octanol–water partition coefficient (Wildman–Crippen LogP) is 3.61. The summed E-state index contributed by atoms with van der Waals surface area (Å²) in [6.07, 6.45) is 2.26. The Hall–Kier alpha value is -3.33. The first-order valence-corrected chi connectivity index (χ1v) is 7.72. The van der Waals surface area contributed by atoms with E-state index in [4.69, 9.17) is 20.9 Å². The quantitative estimate of drug-likeness (QED) is 0.377. The number of pyridine rings is 1. The molecule has 0 aliphatic carbocycles. The maximum atomic E-state index is 12.3. The first-order valence-electron chi connectivity index (χ1n) is 7.34. The molecule has 0 amide bonds. The number of rotatable bonds is 5. The molecule has 0 saturated heterocycles. The molecule has 2 aromatic heterocycles. The van der Waals surface area contributed by atoms with Gasteiger partial charge in [0.05, 0.1) is 4.92 Å². The van der Waals surface area contributed by atoms with Crippen molar-refractivity contribution in [2.45, 2.75) is 13.0 Å². The van der Waals surface area contributed by atoms with Gasteiger partial charge in [0.2, 0.25) is 5.82 Å². The Morgan fingerprint density at radius 1 is 1.38 bits per heavy atom. The van der Waals surface area contributed by atoms with Crippen LogP contribution in [0.3, 0.4) is 0 Å². The van der Waals surface area contributed by atoms with Gasteiger partial charge in [0.25, 0.3) is 11.6 Å². The van der Waals surface area contributed by atoms with Crippen LogP contribution in [0.25, 0.3) is 11.4 Å². The highest BCUT2D eigenvalue weighted by Gasteiger charge is 2.26. The molecular formula is C16H11ClN4O5. The van der Waals surface area contributed by atoms with Crippen molar-refractivity contribution in [3.05, 3.63) is 69.3 Å². The number of halogens is 1. The van der Waals surface area contributed by atoms with Crippen LogP contribution >= 0.6 is 11.6 Å². The molecule has 10 heteroatoms. The van der Waals surface area contributed by atoms with Crippen LogP contribution < -0.4 is 0 Å². The molecule has 3 aromatic rings. The molecule has 26 heavy (non-hydrogen) atoms. The van der Waals surface area contributed by atoms with Crippen LogP contribution in [0.15, 0.2) is 47.2 Å². The lowest BCUT2D eigenvalue weighted by Gasteiger charge is -2.09. The van der Waals surface area contributed by atoms with E-state index in [1.165, 1.54) is 19.1 Å². The molecular weight excluding hydrogens is 364 g/mol. The second-order valence-corrected chi connectivity index (χ2v) is 5.60. The molecule has 0 aliphatic heterocycles. The molecule has 9 nitrogen and oxygen atoms in total. The Bertz CT molecular complexity index is 960. The number of aromatic nitrogens is 3. The average molecular weight is 375 g/mol. The minimum absolute atomic E-state index is 0.0498. The monoisotopic (exact) mass is 374 g/mol. The molecule has 0 aliphatic rings. The zero-order chi connectivity index (χ0) is 18.7. The van der Waals surface area contributed by atoms with Gasteiger partial charge in [-0.15, -0.1) is 0 Å². The van der Waals surface area contributed by atoms with Crippen molar-refractivity contribution in [2.75, 3.05) is 0 Å². The molecule has 0 fully saturated rings. The van der Waals surface area contributed by atoms with Crippen molar-refractivity contribution < 1.29 is 19.0 Å². The first-order chi connectivity index (χ1) is 12.5. The smallest absolute Gasteiger partial charge is 0.345 e. The summed E-state index contributed by atoms with van der Waals surface area (Å²) in [7, 11) is 0. The van der Waals surface area contributed by atoms with Gasteiger partial charge in [-0.2, -0.15) is 4.98 Å². The Morgan fingerprint density at radius 3 is 2.88 bits per heavy atom. The van der Waals surface area contributed by atoms with Crippen molar-refractivity contribution in [1.29, 1.82) is 0 Å². The van der Waals surface area contributed by atoms with Gasteiger partial charge >= 0.3 is 5.97 Å². The van der Waals surface area contributed by atoms with Gasteiger partial charge in [-0.3, -0.25) is 15.1 Å². The summed E-state index contributed by atoms with van der Waals surface area (Å²) in [5, 5.41) is 15.0. The number of carbonyl (C=O) groups is 1. The van der Waals surface area contributed by atoms with E-state index in [2.05, 4.69) is 15.1 Å². The SMILES string of the molecule is CC(OC(=O)c1ccc(Cl)cc1[N+](=O)[O-])c1nc(-c2cccnc2)no1. The molecule has 3 rings (SSSR count). The number of ether oxygens (including phenoxy) is 1. The number of nitrogens with zero attached hydrogens (tertiary/aromatic N) is 4. The lowest BCUT2D eigenvalue weighted by molar-refractivity contribution is -0.385. The van der Waals surface area contributed by atoms with Crippen LogP contribution in [0.5, 0.6) is 0 Å². The van der Waals surface area contributed by atoms with E-state index in [-0.39, 0.29) is 22.3 Å². The molecule has 0 radical (unpaired) electrons. The average Bonchev–Trinajstić information content (AvgIpc) is 3.12. The normalized spacial score (nSPS) is 11.8. The van der Waals surface area contributed by atoms with Crippen LogP contribution in [-0.2, 0) is 4.74 Å². The van der Waals surface area contributed by atoms with Gasteiger partial charge in [0.15, 0.2) is 6.10 Å². The summed E-state index contributed by atoms with van der Waals surface area (Å²) in [6.45, 7) is 1.51. The highest BCUT2D eigenvalue weighted by atomic mass is 35.5. The maximum absolute atomic E-state index is 12.3. The lowest BCUT2D eigenvalue weighted by atomic mass is 10.2. The van der Waals surface area contributed by atoms with Gasteiger partial charge in [-0.1, -0.05) is 16.8 Å². The van der Waals surface area contributed by atoms with Crippen LogP contribution in [0.2, 0.25) is 5.02 Å². The molecule has 0 N–H and O–H groups in total. The third-order valence-corrected chi connectivity index (χ3v) is 3.60. The summed E-state index contributed by atoms with van der Waals surface area (Å²) < 4.78 is 10.3. The predicted molar refractivity (Wildman–Crippen MR) is 89.5 cm³/mol. The van der Waals surface area contributed by atoms with Gasteiger partial charge < -0.3 is 9.26 Å². The van der Waals surface area contributed by atoms with Gasteiger partial charge in [-0.25, -0.2) is 4.79 Å². The molecule has 2 heterocycles. The fourth-order valence-electron chi connectivity index (χ4n) is 2.12. The van der Waals surface area contributed by atoms with Crippen LogP contribution in [-0.4, -0.2) is 26.0 Å². The Morgan fingerprint density at radius 2 is 2.19 bits per heavy atom. The zero-order valence-electron chi connectivity index (χ0n) is 13.3. The fourth-order valence-corrected chi connectivity index (χ4v) is 2.28. The van der Waals surface area contributed by atoms with Crippen LogP contribution in [0, 0.1) is 10.1 Å². The third-order valence-electron chi connectivity index (χ3n) is 3.37. The number of nitro benzene ring substituents is 1. The van der Waals surface area contributed by atoms with Crippen LogP contribution in [0.1, 0.15) is 29.3 Å². The largest absolute Gasteiger partial charge is 0.449 e. The highest BCUT2D eigenvalue weighted by molar-refractivity contribution is 6.31. The van der Waals surface area contributed by atoms with Crippen molar-refractivity contribution in [3.8, 4) is 11.4 Å². The fraction of sp³-hybridized carbons (Fsp3) is 0.125. The number of nitro groups is 1. The van der Waals surface area contributed by atoms with E-state index in [1.807, 2.05) is 0 Å². The van der Waals surface area contributed by atoms with Gasteiger partial charge in [0, 0.05) is 29.0 Å². The molecule has 0 saturated carbocycles. The molecule has 1 atom stereocenters. The Labute approximate surface area is 151 Å². The summed E-state index contributed by atoms with van der Waals surface area (Å²) in [5.74, 6) is -0.565. The highest BCUT2D eigenvalue weighted by Crippen LogP contribution is 2.26. The number of esters is 1. The molecule has 1 unspecified atom stereocenters. The van der Waals surface area contributed by atoms with E-state index in [1.54, 1.807) is 24.5 Å². The van der Waals surface area contributed by atoms with Crippen molar-refractivity contribution >= 4 is 23.3 Å². The number of carbonyl (C=O) groups excluding carboxylic acids is 1. The van der Waals surface area contributed by atoms with Crippen molar-refractivity contribution in [1.82, 2.24) is 15.1 Å². The van der Waals surface area contributed by atoms with Gasteiger partial charge in [0.1, 0.15) is 5.56 Å². The maximum Gasteiger partial charge on any atom is 0.345 e. The molecule has 0 bridgehead atoms. The standard InChI is InChI=1S/C16H11ClN4O5/c1-9(15-19-14(20-26-15)10-3-2-6-18-8-10)25-16(22)12-5-4-11(17)7-13(12)21(23)24/h2-9H,1H3. The second-order valence-electron chi connectivity index (χ2n) is 5.16. The van der Waals surface area contributed by atoms with Crippen molar-refractivity contribution in [3.63, 3.8) is 0 Å². The van der Waals surface area contributed by atoms with E-state index >= 15 is 0 Å². The molecule has 1 aromatic carbocycles. The van der Waals surface area contributed by atoms with E-state index in [0.717, 1.165) is 6.07 Å². The third kappa shape index (κ3) is 3.67. The Balaban J connectivity index is 1.78. The van der Waals surface area contributed by atoms with Crippen LogP contribution in [0.4, 0.5) is 5.69 Å². The van der Waals surface area contributed by atoms with E-state index in [0.29, 0.717) is 5.56 Å². The van der Waals surface area contributed by atoms with Crippen molar-refractivity contribution in [2.24, 2.45) is 0 Å². The zero-order valence-corrected chi connectivity index (χ0v) is 14.1. The summed E-state index contributed by atoms with van der Waals surface area (Å²) in [6, 6.07) is 7.13. The topological polar surface area (TPSA) is 121 Å². The Kier molecular flexibility index (Phi) is 4.90. The van der Waals surface area contributed by atoms with E-state index < -0.39 is 22.7 Å². The number of benzene rings is 1. The number of hydrogen-bond acceptors (Lipinski definition) is 8. The first kappa shape index (κ1) is 17.5. The minimum Gasteiger partial charge on any atom is -0.449 e. The second kappa shape index (κ2) is 7.28. The van der Waals surface area contributed by atoms with E-state index in [9.17, 15) is 14.9 Å². The van der Waals surface area contributed by atoms with Gasteiger partial charge in [-0.05, 0) is 31.2 Å². The number of hydrogen-bond donors (Lipinski definition) is 0. The molecule has 132 valence electrons. The summed E-state index contributed by atoms with van der Waals surface area (Å²) >= 11 is 5.73. The lowest BCUT2D eigenvalue weighted by Crippen LogP contribution is -2.11. The summed E-state index contributed by atoms with van der Waals surface area (Å²) in [5.41, 5.74) is -0.0381. The minimum atomic E-state index is -0.907. The summed E-state index contributed by atoms with van der Waals surface area (Å²) in [4.78, 5) is 30.8. The molecule has 0 spiro atoms.